The lowest BCUT2D eigenvalue weighted by atomic mass is 9.68. The molecule has 1 aromatic heterocycles. The lowest BCUT2D eigenvalue weighted by Gasteiger charge is -2.35. The topological polar surface area (TPSA) is 41.6 Å². The maximum Gasteiger partial charge on any atom is 0.0738 e. The standard InChI is InChI=1S/C16H24BrN3/c1-4-5-13-6-8-16(11-18,9-7-13)10-14-15(17)12(2)19-20(14)3/h13H,4-10H2,1-3H3. The number of hydrogen-bond acceptors (Lipinski definition) is 2. The smallest absolute Gasteiger partial charge is 0.0738 e. The van der Waals surface area contributed by atoms with Crippen LogP contribution in [-0.4, -0.2) is 9.78 Å². The molecular formula is C16H24BrN3. The van der Waals surface area contributed by atoms with E-state index in [0.717, 1.165) is 41.0 Å². The van der Waals surface area contributed by atoms with Crippen molar-refractivity contribution in [2.75, 3.05) is 0 Å². The number of aryl methyl sites for hydroxylation is 2. The van der Waals surface area contributed by atoms with E-state index in [1.54, 1.807) is 0 Å². The molecule has 0 atom stereocenters. The van der Waals surface area contributed by atoms with Gasteiger partial charge in [0.2, 0.25) is 0 Å². The van der Waals surface area contributed by atoms with Crippen LogP contribution in [0.5, 0.6) is 0 Å². The number of hydrogen-bond donors (Lipinski definition) is 0. The predicted octanol–water partition coefficient (Wildman–Crippen LogP) is 4.53. The Hall–Kier alpha value is -0.820. The Labute approximate surface area is 130 Å². The minimum Gasteiger partial charge on any atom is -0.271 e. The Morgan fingerprint density at radius 2 is 2.10 bits per heavy atom. The number of nitriles is 1. The maximum atomic E-state index is 9.71. The van der Waals surface area contributed by atoms with Crippen LogP contribution < -0.4 is 0 Å². The van der Waals surface area contributed by atoms with E-state index >= 15 is 0 Å². The molecule has 0 unspecified atom stereocenters. The average molecular weight is 338 g/mol. The molecule has 0 bridgehead atoms. The van der Waals surface area contributed by atoms with Crippen LogP contribution in [0.15, 0.2) is 4.47 Å². The highest BCUT2D eigenvalue weighted by Gasteiger charge is 2.36. The second kappa shape index (κ2) is 6.30. The lowest BCUT2D eigenvalue weighted by Crippen LogP contribution is -2.29. The summed E-state index contributed by atoms with van der Waals surface area (Å²) in [6.45, 7) is 4.26. The molecule has 0 amide bonds. The summed E-state index contributed by atoms with van der Waals surface area (Å²) in [7, 11) is 1.97. The minimum atomic E-state index is -0.188. The Bertz CT molecular complexity index is 505. The molecule has 0 saturated heterocycles. The van der Waals surface area contributed by atoms with Gasteiger partial charge in [0, 0.05) is 13.5 Å². The maximum absolute atomic E-state index is 9.71. The van der Waals surface area contributed by atoms with E-state index in [-0.39, 0.29) is 5.41 Å². The first-order chi connectivity index (χ1) is 9.51. The van der Waals surface area contributed by atoms with E-state index in [1.807, 2.05) is 18.7 Å². The van der Waals surface area contributed by atoms with Crippen molar-refractivity contribution < 1.29 is 0 Å². The average Bonchev–Trinajstić information content (AvgIpc) is 2.68. The van der Waals surface area contributed by atoms with E-state index in [4.69, 9.17) is 0 Å². The fraction of sp³-hybridized carbons (Fsp3) is 0.750. The van der Waals surface area contributed by atoms with Crippen molar-refractivity contribution >= 4 is 15.9 Å². The van der Waals surface area contributed by atoms with Crippen molar-refractivity contribution in [3.8, 4) is 6.07 Å². The lowest BCUT2D eigenvalue weighted by molar-refractivity contribution is 0.198. The van der Waals surface area contributed by atoms with E-state index in [1.165, 1.54) is 25.7 Å². The van der Waals surface area contributed by atoms with Gasteiger partial charge in [-0.05, 0) is 54.5 Å². The zero-order valence-corrected chi connectivity index (χ0v) is 14.3. The Balaban J connectivity index is 2.12. The van der Waals surface area contributed by atoms with Crippen LogP contribution in [0, 0.1) is 29.6 Å². The van der Waals surface area contributed by atoms with Gasteiger partial charge in [-0.1, -0.05) is 19.8 Å². The summed E-state index contributed by atoms with van der Waals surface area (Å²) in [5, 5.41) is 14.2. The van der Waals surface area contributed by atoms with Crippen molar-refractivity contribution in [3.05, 3.63) is 15.9 Å². The molecule has 1 aromatic rings. The molecule has 1 aliphatic rings. The van der Waals surface area contributed by atoms with Gasteiger partial charge >= 0.3 is 0 Å². The van der Waals surface area contributed by atoms with Crippen LogP contribution in [0.1, 0.15) is 56.8 Å². The first kappa shape index (κ1) is 15.6. The Morgan fingerprint density at radius 3 is 2.55 bits per heavy atom. The molecule has 0 aliphatic heterocycles. The molecule has 110 valence electrons. The molecule has 20 heavy (non-hydrogen) atoms. The number of nitrogens with zero attached hydrogens (tertiary/aromatic N) is 3. The summed E-state index contributed by atoms with van der Waals surface area (Å²) in [5.74, 6) is 0.832. The highest BCUT2D eigenvalue weighted by Crippen LogP contribution is 2.43. The molecule has 1 aliphatic carbocycles. The van der Waals surface area contributed by atoms with Crippen molar-refractivity contribution in [3.63, 3.8) is 0 Å². The van der Waals surface area contributed by atoms with Crippen LogP contribution in [0.3, 0.4) is 0 Å². The summed E-state index contributed by atoms with van der Waals surface area (Å²) >= 11 is 3.63. The molecule has 0 spiro atoms. The fourth-order valence-electron chi connectivity index (χ4n) is 3.45. The van der Waals surface area contributed by atoms with Gasteiger partial charge in [0.1, 0.15) is 0 Å². The van der Waals surface area contributed by atoms with Crippen LogP contribution in [0.25, 0.3) is 0 Å². The molecule has 2 rings (SSSR count). The number of halogens is 1. The van der Waals surface area contributed by atoms with Crippen LogP contribution in [-0.2, 0) is 13.5 Å². The Morgan fingerprint density at radius 1 is 1.45 bits per heavy atom. The summed E-state index contributed by atoms with van der Waals surface area (Å²) in [6.07, 6.45) is 7.87. The second-order valence-electron chi connectivity index (χ2n) is 6.27. The third kappa shape index (κ3) is 3.09. The van der Waals surface area contributed by atoms with Crippen molar-refractivity contribution in [1.82, 2.24) is 9.78 Å². The molecule has 0 N–H and O–H groups in total. The second-order valence-corrected chi connectivity index (χ2v) is 7.06. The van der Waals surface area contributed by atoms with Crippen LogP contribution in [0.2, 0.25) is 0 Å². The normalized spacial score (nSPS) is 26.4. The van der Waals surface area contributed by atoms with Crippen LogP contribution >= 0.6 is 15.9 Å². The van der Waals surface area contributed by atoms with E-state index in [0.29, 0.717) is 0 Å². The summed E-state index contributed by atoms with van der Waals surface area (Å²) in [6, 6.07) is 2.63. The SMILES string of the molecule is CCCC1CCC(C#N)(Cc2c(Br)c(C)nn2C)CC1. The zero-order valence-electron chi connectivity index (χ0n) is 12.7. The van der Waals surface area contributed by atoms with Gasteiger partial charge in [-0.25, -0.2) is 0 Å². The summed E-state index contributed by atoms with van der Waals surface area (Å²) in [4.78, 5) is 0. The number of rotatable bonds is 4. The van der Waals surface area contributed by atoms with Crippen molar-refractivity contribution in [2.24, 2.45) is 18.4 Å². The van der Waals surface area contributed by atoms with Gasteiger partial charge in [-0.15, -0.1) is 0 Å². The molecule has 1 heterocycles. The van der Waals surface area contributed by atoms with E-state index in [2.05, 4.69) is 34.0 Å². The van der Waals surface area contributed by atoms with Crippen molar-refractivity contribution in [1.29, 1.82) is 5.26 Å². The predicted molar refractivity (Wildman–Crippen MR) is 84.3 cm³/mol. The molecule has 0 aromatic carbocycles. The van der Waals surface area contributed by atoms with E-state index in [9.17, 15) is 5.26 Å². The molecule has 1 saturated carbocycles. The van der Waals surface area contributed by atoms with Crippen molar-refractivity contribution in [2.45, 2.75) is 58.8 Å². The van der Waals surface area contributed by atoms with Gasteiger partial charge in [0.15, 0.2) is 0 Å². The van der Waals surface area contributed by atoms with Gasteiger partial charge in [-0.3, -0.25) is 4.68 Å². The summed E-state index contributed by atoms with van der Waals surface area (Å²) < 4.78 is 3.00. The largest absolute Gasteiger partial charge is 0.271 e. The van der Waals surface area contributed by atoms with Gasteiger partial charge in [0.05, 0.1) is 27.3 Å². The third-order valence-corrected chi connectivity index (χ3v) is 5.80. The van der Waals surface area contributed by atoms with Gasteiger partial charge < -0.3 is 0 Å². The molecule has 3 nitrogen and oxygen atoms in total. The molecule has 1 fully saturated rings. The highest BCUT2D eigenvalue weighted by atomic mass is 79.9. The monoisotopic (exact) mass is 337 g/mol. The van der Waals surface area contributed by atoms with E-state index < -0.39 is 0 Å². The molecular weight excluding hydrogens is 314 g/mol. The van der Waals surface area contributed by atoms with Crippen LogP contribution in [0.4, 0.5) is 0 Å². The fourth-order valence-corrected chi connectivity index (χ4v) is 3.92. The zero-order chi connectivity index (χ0) is 14.8. The first-order valence-electron chi connectivity index (χ1n) is 7.60. The molecule has 4 heteroatoms. The Kier molecular flexibility index (Phi) is 4.90. The number of aromatic nitrogens is 2. The minimum absolute atomic E-state index is 0.188. The quantitative estimate of drug-likeness (QED) is 0.809. The first-order valence-corrected chi connectivity index (χ1v) is 8.40. The highest BCUT2D eigenvalue weighted by molar-refractivity contribution is 9.10. The van der Waals surface area contributed by atoms with Gasteiger partial charge in [0.25, 0.3) is 0 Å². The van der Waals surface area contributed by atoms with Gasteiger partial charge in [-0.2, -0.15) is 10.4 Å². The summed E-state index contributed by atoms with van der Waals surface area (Å²) in [5.41, 5.74) is 1.99. The third-order valence-electron chi connectivity index (χ3n) is 4.76. The molecule has 0 radical (unpaired) electrons.